The summed E-state index contributed by atoms with van der Waals surface area (Å²) in [7, 11) is 0. The van der Waals surface area contributed by atoms with Crippen LogP contribution in [-0.4, -0.2) is 37.2 Å². The van der Waals surface area contributed by atoms with E-state index in [9.17, 15) is 14.4 Å². The summed E-state index contributed by atoms with van der Waals surface area (Å²) in [5, 5.41) is 0. The molecule has 0 aromatic rings. The average Bonchev–Trinajstić information content (AvgIpc) is 3.40. The van der Waals surface area contributed by atoms with Gasteiger partial charge in [-0.3, -0.25) is 14.4 Å². The van der Waals surface area contributed by atoms with E-state index in [1.165, 1.54) is 205 Å². The molecule has 6 heteroatoms. The second-order valence-corrected chi connectivity index (χ2v) is 21.7. The molecule has 430 valence electrons. The topological polar surface area (TPSA) is 78.9 Å². The third-order valence-electron chi connectivity index (χ3n) is 14.2. The van der Waals surface area contributed by atoms with Crippen LogP contribution in [0.2, 0.25) is 0 Å². The van der Waals surface area contributed by atoms with Gasteiger partial charge in [0, 0.05) is 19.3 Å². The van der Waals surface area contributed by atoms with Crippen molar-refractivity contribution >= 4 is 17.9 Å². The lowest BCUT2D eigenvalue weighted by atomic mass is 10.0. The summed E-state index contributed by atoms with van der Waals surface area (Å²) in [6.45, 7) is 6.60. The fraction of sp³-hybridized carbons (Fsp3) is 0.809. The maximum Gasteiger partial charge on any atom is 0.306 e. The molecule has 0 spiro atoms. The Kier molecular flexibility index (Phi) is 60.2. The molecule has 0 amide bonds. The van der Waals surface area contributed by atoms with Crippen molar-refractivity contribution in [1.82, 2.24) is 0 Å². The average molecular weight is 1040 g/mol. The van der Waals surface area contributed by atoms with Gasteiger partial charge in [0.25, 0.3) is 0 Å². The minimum Gasteiger partial charge on any atom is -0.462 e. The van der Waals surface area contributed by atoms with Gasteiger partial charge in [-0.2, -0.15) is 0 Å². The molecule has 0 saturated heterocycles. The lowest BCUT2D eigenvalue weighted by Crippen LogP contribution is -2.30. The first-order valence-electron chi connectivity index (χ1n) is 32.3. The Morgan fingerprint density at radius 3 is 0.811 bits per heavy atom. The summed E-state index contributed by atoms with van der Waals surface area (Å²) >= 11 is 0. The van der Waals surface area contributed by atoms with E-state index in [1.54, 1.807) is 0 Å². The fourth-order valence-corrected chi connectivity index (χ4v) is 9.31. The molecular weight excluding hydrogens is 913 g/mol. The van der Waals surface area contributed by atoms with Gasteiger partial charge in [-0.1, -0.05) is 274 Å². The van der Waals surface area contributed by atoms with Crippen molar-refractivity contribution in [1.29, 1.82) is 0 Å². The van der Waals surface area contributed by atoms with Gasteiger partial charge in [0.15, 0.2) is 6.10 Å². The molecule has 0 aliphatic heterocycles. The van der Waals surface area contributed by atoms with Crippen LogP contribution in [0.25, 0.3) is 0 Å². The Morgan fingerprint density at radius 1 is 0.270 bits per heavy atom. The lowest BCUT2D eigenvalue weighted by Gasteiger charge is -2.18. The second-order valence-electron chi connectivity index (χ2n) is 21.7. The van der Waals surface area contributed by atoms with E-state index in [1.807, 2.05) is 0 Å². The minimum atomic E-state index is -0.780. The Morgan fingerprint density at radius 2 is 0.500 bits per heavy atom. The van der Waals surface area contributed by atoms with Crippen LogP contribution < -0.4 is 0 Å². The number of unbranched alkanes of at least 4 members (excludes halogenated alkanes) is 38. The molecule has 0 fully saturated rings. The van der Waals surface area contributed by atoms with Crippen LogP contribution in [-0.2, 0) is 28.6 Å². The number of esters is 3. The molecule has 0 saturated carbocycles. The number of ether oxygens (including phenoxy) is 3. The highest BCUT2D eigenvalue weighted by atomic mass is 16.6. The van der Waals surface area contributed by atoms with Crippen molar-refractivity contribution in [3.63, 3.8) is 0 Å². The molecule has 0 rings (SSSR count). The number of carbonyl (C=O) groups is 3. The largest absolute Gasteiger partial charge is 0.462 e. The quantitative estimate of drug-likeness (QED) is 0.0261. The van der Waals surface area contributed by atoms with Gasteiger partial charge in [0.1, 0.15) is 13.2 Å². The molecule has 74 heavy (non-hydrogen) atoms. The summed E-state index contributed by atoms with van der Waals surface area (Å²) in [4.78, 5) is 38.2. The summed E-state index contributed by atoms with van der Waals surface area (Å²) in [6.07, 6.45) is 79.6. The molecule has 0 aromatic carbocycles. The van der Waals surface area contributed by atoms with Gasteiger partial charge in [-0.15, -0.1) is 0 Å². The van der Waals surface area contributed by atoms with Crippen molar-refractivity contribution in [3.8, 4) is 0 Å². The molecule has 0 aromatic heterocycles. The van der Waals surface area contributed by atoms with E-state index in [0.29, 0.717) is 19.3 Å². The zero-order valence-electron chi connectivity index (χ0n) is 49.4. The minimum absolute atomic E-state index is 0.0776. The summed E-state index contributed by atoms with van der Waals surface area (Å²) in [5.74, 6) is -0.883. The number of hydrogen-bond donors (Lipinski definition) is 0. The number of carbonyl (C=O) groups excluding carboxylic acids is 3. The standard InChI is InChI=1S/C68H122O6/c1-4-7-10-13-16-19-22-24-26-27-28-29-30-31-32-33-34-35-36-37-38-39-40-41-42-44-46-49-52-55-58-61-67(70)73-64-65(63-72-66(69)60-57-54-51-48-45-21-18-15-12-9-6-3)74-68(71)62-59-56-53-50-47-43-25-23-20-17-14-11-8-5-2/h15,18,22-25,27-28,30-31,65H,4-14,16-17,19-21,26,29,32-64H2,1-3H3/b18-15-,24-22-,25-23-,28-27-,31-30-. The van der Waals surface area contributed by atoms with Crippen LogP contribution in [0, 0.1) is 0 Å². The van der Waals surface area contributed by atoms with Gasteiger partial charge in [-0.05, 0) is 103 Å². The SMILES string of the molecule is CCCC/C=C\CCCCCCCC(=O)OCC(COC(=O)CCCCCCCCCCCCCCCCCC/C=C\C/C=C\C/C=C\CCCCCCC)OC(=O)CCCCCCC/C=C\CCCCCCC. The highest BCUT2D eigenvalue weighted by Gasteiger charge is 2.19. The molecule has 0 aliphatic rings. The van der Waals surface area contributed by atoms with E-state index in [0.717, 1.165) is 89.9 Å². The first-order chi connectivity index (χ1) is 36.5. The molecule has 0 radical (unpaired) electrons. The van der Waals surface area contributed by atoms with Crippen molar-refractivity contribution in [2.75, 3.05) is 13.2 Å². The van der Waals surface area contributed by atoms with Crippen LogP contribution in [0.3, 0.4) is 0 Å². The van der Waals surface area contributed by atoms with Gasteiger partial charge < -0.3 is 14.2 Å². The molecule has 1 unspecified atom stereocenters. The zero-order valence-corrected chi connectivity index (χ0v) is 49.4. The zero-order chi connectivity index (χ0) is 53.6. The van der Waals surface area contributed by atoms with Gasteiger partial charge in [-0.25, -0.2) is 0 Å². The number of hydrogen-bond acceptors (Lipinski definition) is 6. The number of allylic oxidation sites excluding steroid dienone is 10. The first kappa shape index (κ1) is 71.1. The second kappa shape index (κ2) is 62.6. The predicted molar refractivity (Wildman–Crippen MR) is 321 cm³/mol. The van der Waals surface area contributed by atoms with E-state index >= 15 is 0 Å². The van der Waals surface area contributed by atoms with Gasteiger partial charge in [0.2, 0.25) is 0 Å². The van der Waals surface area contributed by atoms with Gasteiger partial charge >= 0.3 is 17.9 Å². The normalized spacial score (nSPS) is 12.4. The molecule has 0 aliphatic carbocycles. The fourth-order valence-electron chi connectivity index (χ4n) is 9.31. The third kappa shape index (κ3) is 60.0. The van der Waals surface area contributed by atoms with Crippen LogP contribution >= 0.6 is 0 Å². The summed E-state index contributed by atoms with van der Waals surface area (Å²) < 4.78 is 16.9. The summed E-state index contributed by atoms with van der Waals surface area (Å²) in [6, 6.07) is 0. The Balaban J connectivity index is 4.12. The maximum atomic E-state index is 12.8. The lowest BCUT2D eigenvalue weighted by molar-refractivity contribution is -0.167. The Labute approximate surface area is 460 Å². The van der Waals surface area contributed by atoms with Crippen molar-refractivity contribution in [2.24, 2.45) is 0 Å². The van der Waals surface area contributed by atoms with Crippen molar-refractivity contribution in [3.05, 3.63) is 60.8 Å². The van der Waals surface area contributed by atoms with Crippen LogP contribution in [0.5, 0.6) is 0 Å². The van der Waals surface area contributed by atoms with E-state index in [4.69, 9.17) is 14.2 Å². The number of rotatable bonds is 59. The van der Waals surface area contributed by atoms with Crippen LogP contribution in [0.4, 0.5) is 0 Å². The van der Waals surface area contributed by atoms with Gasteiger partial charge in [0.05, 0.1) is 0 Å². The first-order valence-corrected chi connectivity index (χ1v) is 32.3. The van der Waals surface area contributed by atoms with Crippen molar-refractivity contribution in [2.45, 2.75) is 341 Å². The molecular formula is C68H122O6. The third-order valence-corrected chi connectivity index (χ3v) is 14.2. The predicted octanol–water partition coefficient (Wildman–Crippen LogP) is 21.9. The smallest absolute Gasteiger partial charge is 0.306 e. The van der Waals surface area contributed by atoms with E-state index in [-0.39, 0.29) is 31.1 Å². The molecule has 0 heterocycles. The van der Waals surface area contributed by atoms with E-state index in [2.05, 4.69) is 81.5 Å². The molecule has 6 nitrogen and oxygen atoms in total. The monoisotopic (exact) mass is 1030 g/mol. The summed E-state index contributed by atoms with van der Waals surface area (Å²) in [5.41, 5.74) is 0. The molecule has 0 N–H and O–H groups in total. The van der Waals surface area contributed by atoms with E-state index < -0.39 is 6.10 Å². The highest BCUT2D eigenvalue weighted by Crippen LogP contribution is 2.17. The highest BCUT2D eigenvalue weighted by molar-refractivity contribution is 5.71. The maximum absolute atomic E-state index is 12.8. The van der Waals surface area contributed by atoms with Crippen LogP contribution in [0.15, 0.2) is 60.8 Å². The Bertz CT molecular complexity index is 1330. The van der Waals surface area contributed by atoms with Crippen molar-refractivity contribution < 1.29 is 28.6 Å². The van der Waals surface area contributed by atoms with Crippen LogP contribution in [0.1, 0.15) is 335 Å². The molecule has 0 bridgehead atoms. The molecule has 1 atom stereocenters. The Hall–Kier alpha value is -2.89.